The second-order valence-corrected chi connectivity index (χ2v) is 7.13. The lowest BCUT2D eigenvalue weighted by Crippen LogP contribution is -2.39. The molecule has 1 aliphatic rings. The predicted octanol–water partition coefficient (Wildman–Crippen LogP) is 4.01. The molecule has 0 saturated carbocycles. The number of piperidine rings is 1. The van der Waals surface area contributed by atoms with Crippen molar-refractivity contribution in [2.75, 3.05) is 24.3 Å². The van der Waals surface area contributed by atoms with Gasteiger partial charge in [-0.05, 0) is 31.4 Å². The van der Waals surface area contributed by atoms with Gasteiger partial charge < -0.3 is 10.2 Å². The zero-order valence-corrected chi connectivity index (χ0v) is 15.0. The zero-order valence-electron chi connectivity index (χ0n) is 13.4. The molecule has 0 aromatic carbocycles. The number of likely N-dealkylation sites (tertiary alicyclic amines) is 1. The van der Waals surface area contributed by atoms with E-state index < -0.39 is 0 Å². The fraction of sp³-hybridized carbons (Fsp3) is 0.471. The quantitative estimate of drug-likeness (QED) is 0.787. The monoisotopic (exact) mass is 364 g/mol. The number of anilines is 2. The average molecular weight is 365 g/mol. The smallest absolute Gasteiger partial charge is 0.222 e. The Morgan fingerprint density at radius 3 is 3.17 bits per heavy atom. The third-order valence-corrected chi connectivity index (χ3v) is 5.18. The van der Waals surface area contributed by atoms with Gasteiger partial charge in [0.25, 0.3) is 0 Å². The number of aromatic nitrogens is 2. The van der Waals surface area contributed by atoms with Gasteiger partial charge in [-0.25, -0.2) is 9.97 Å². The van der Waals surface area contributed by atoms with E-state index in [9.17, 15) is 4.79 Å². The van der Waals surface area contributed by atoms with E-state index in [0.29, 0.717) is 18.2 Å². The summed E-state index contributed by atoms with van der Waals surface area (Å²) >= 11 is 7.27. The summed E-state index contributed by atoms with van der Waals surface area (Å²) in [6, 6.07) is 5.74. The fourth-order valence-corrected chi connectivity index (χ4v) is 3.83. The molecule has 1 N–H and O–H groups in total. The maximum Gasteiger partial charge on any atom is 0.222 e. The molecule has 0 radical (unpaired) electrons. The number of pyridine rings is 1. The number of hydrogen-bond donors (Lipinski definition) is 1. The Morgan fingerprint density at radius 1 is 1.46 bits per heavy atom. The lowest BCUT2D eigenvalue weighted by molar-refractivity contribution is -0.132. The van der Waals surface area contributed by atoms with Gasteiger partial charge in [-0.3, -0.25) is 4.79 Å². The van der Waals surface area contributed by atoms with Crippen LogP contribution in [0.5, 0.6) is 0 Å². The molecule has 1 unspecified atom stereocenters. The van der Waals surface area contributed by atoms with Crippen LogP contribution in [0.1, 0.15) is 37.3 Å². The second kappa shape index (κ2) is 8.44. The van der Waals surface area contributed by atoms with Crippen LogP contribution in [-0.4, -0.2) is 39.7 Å². The van der Waals surface area contributed by atoms with Crippen molar-refractivity contribution in [1.82, 2.24) is 14.9 Å². The molecule has 1 atom stereocenters. The first kappa shape index (κ1) is 17.2. The molecule has 1 fully saturated rings. The molecule has 0 bridgehead atoms. The summed E-state index contributed by atoms with van der Waals surface area (Å²) in [5.74, 6) is 1.86. The molecular formula is C17H21ClN4OS. The zero-order chi connectivity index (χ0) is 16.8. The molecule has 2 aromatic heterocycles. The molecule has 1 aliphatic heterocycles. The summed E-state index contributed by atoms with van der Waals surface area (Å²) in [6.45, 7) is 1.61. The van der Waals surface area contributed by atoms with Gasteiger partial charge >= 0.3 is 0 Å². The molecule has 2 aromatic rings. The van der Waals surface area contributed by atoms with E-state index in [2.05, 4.69) is 15.7 Å². The topological polar surface area (TPSA) is 58.1 Å². The van der Waals surface area contributed by atoms with Crippen molar-refractivity contribution < 1.29 is 4.79 Å². The van der Waals surface area contributed by atoms with Crippen LogP contribution in [0.3, 0.4) is 0 Å². The molecule has 1 amide bonds. The number of nitrogens with one attached hydrogen (secondary N) is 1. The second-order valence-electron chi connectivity index (χ2n) is 5.89. The minimum absolute atomic E-state index is 0.211. The predicted molar refractivity (Wildman–Crippen MR) is 98.1 cm³/mol. The Morgan fingerprint density at radius 2 is 2.38 bits per heavy atom. The highest BCUT2D eigenvalue weighted by Crippen LogP contribution is 2.30. The van der Waals surface area contributed by atoms with E-state index in [-0.39, 0.29) is 5.91 Å². The SMILES string of the molecule is O=C(CCCCl)N1CCCC(c2csc(Nc3ccccn3)n2)C1. The van der Waals surface area contributed by atoms with Gasteiger partial charge in [-0.2, -0.15) is 0 Å². The van der Waals surface area contributed by atoms with E-state index in [1.165, 1.54) is 0 Å². The Hall–Kier alpha value is -1.66. The Balaban J connectivity index is 1.61. The van der Waals surface area contributed by atoms with Gasteiger partial charge in [0.2, 0.25) is 5.91 Å². The largest absolute Gasteiger partial charge is 0.342 e. The van der Waals surface area contributed by atoms with Crippen molar-refractivity contribution in [3.05, 3.63) is 35.5 Å². The molecular weight excluding hydrogens is 344 g/mol. The summed E-state index contributed by atoms with van der Waals surface area (Å²) in [5.41, 5.74) is 1.06. The average Bonchev–Trinajstić information content (AvgIpc) is 3.09. The van der Waals surface area contributed by atoms with Crippen LogP contribution in [0, 0.1) is 0 Å². The van der Waals surface area contributed by atoms with Crippen molar-refractivity contribution in [3.8, 4) is 0 Å². The van der Waals surface area contributed by atoms with Crippen LogP contribution in [0.2, 0.25) is 0 Å². The van der Waals surface area contributed by atoms with E-state index in [1.54, 1.807) is 17.5 Å². The number of thiazole rings is 1. The number of carbonyl (C=O) groups excluding carboxylic acids is 1. The molecule has 0 spiro atoms. The third kappa shape index (κ3) is 4.45. The third-order valence-electron chi connectivity index (χ3n) is 4.14. The van der Waals surface area contributed by atoms with Crippen molar-refractivity contribution >= 4 is 39.8 Å². The van der Waals surface area contributed by atoms with Crippen LogP contribution < -0.4 is 5.32 Å². The number of amides is 1. The maximum atomic E-state index is 12.2. The van der Waals surface area contributed by atoms with E-state index in [1.807, 2.05) is 23.1 Å². The van der Waals surface area contributed by atoms with Gasteiger partial charge in [-0.15, -0.1) is 22.9 Å². The number of halogens is 1. The maximum absolute atomic E-state index is 12.2. The number of rotatable bonds is 6. The highest BCUT2D eigenvalue weighted by atomic mass is 35.5. The van der Waals surface area contributed by atoms with Crippen LogP contribution in [0.4, 0.5) is 10.9 Å². The molecule has 24 heavy (non-hydrogen) atoms. The molecule has 5 nitrogen and oxygen atoms in total. The Bertz CT molecular complexity index is 664. The Kier molecular flexibility index (Phi) is 6.04. The van der Waals surface area contributed by atoms with Crippen molar-refractivity contribution in [2.24, 2.45) is 0 Å². The van der Waals surface area contributed by atoms with E-state index in [0.717, 1.165) is 49.0 Å². The van der Waals surface area contributed by atoms with Gasteiger partial charge in [0.1, 0.15) is 5.82 Å². The van der Waals surface area contributed by atoms with Gasteiger partial charge in [0.15, 0.2) is 5.13 Å². The molecule has 3 rings (SSSR count). The highest BCUT2D eigenvalue weighted by Gasteiger charge is 2.26. The van der Waals surface area contributed by atoms with Crippen LogP contribution >= 0.6 is 22.9 Å². The van der Waals surface area contributed by atoms with Gasteiger partial charge in [0, 0.05) is 42.9 Å². The first-order valence-electron chi connectivity index (χ1n) is 8.23. The summed E-state index contributed by atoms with van der Waals surface area (Å²) < 4.78 is 0. The molecule has 1 saturated heterocycles. The minimum Gasteiger partial charge on any atom is -0.342 e. The number of carbonyl (C=O) groups is 1. The normalized spacial score (nSPS) is 17.7. The van der Waals surface area contributed by atoms with Gasteiger partial charge in [-0.1, -0.05) is 6.07 Å². The van der Waals surface area contributed by atoms with Crippen molar-refractivity contribution in [1.29, 1.82) is 0 Å². The summed E-state index contributed by atoms with van der Waals surface area (Å²) in [6.07, 6.45) is 5.14. The van der Waals surface area contributed by atoms with Crippen LogP contribution in [-0.2, 0) is 4.79 Å². The molecule has 7 heteroatoms. The molecule has 0 aliphatic carbocycles. The van der Waals surface area contributed by atoms with Gasteiger partial charge in [0.05, 0.1) is 5.69 Å². The number of hydrogen-bond acceptors (Lipinski definition) is 5. The van der Waals surface area contributed by atoms with Crippen LogP contribution in [0.25, 0.3) is 0 Å². The van der Waals surface area contributed by atoms with Crippen molar-refractivity contribution in [3.63, 3.8) is 0 Å². The first-order chi connectivity index (χ1) is 11.8. The van der Waals surface area contributed by atoms with E-state index in [4.69, 9.17) is 16.6 Å². The lowest BCUT2D eigenvalue weighted by Gasteiger charge is -2.32. The van der Waals surface area contributed by atoms with Crippen LogP contribution in [0.15, 0.2) is 29.8 Å². The Labute approximate surface area is 151 Å². The van der Waals surface area contributed by atoms with Crippen molar-refractivity contribution in [2.45, 2.75) is 31.6 Å². The lowest BCUT2D eigenvalue weighted by atomic mass is 9.95. The fourth-order valence-electron chi connectivity index (χ4n) is 2.90. The standard InChI is InChI=1S/C17H21ClN4OS/c18-8-3-7-16(23)22-10-4-5-13(11-22)14-12-24-17(20-14)21-15-6-1-2-9-19-15/h1-2,6,9,12-13H,3-5,7-8,10-11H2,(H,19,20,21). The number of nitrogens with zero attached hydrogens (tertiary/aromatic N) is 3. The summed E-state index contributed by atoms with van der Waals surface area (Å²) in [5, 5.41) is 6.15. The first-order valence-corrected chi connectivity index (χ1v) is 9.65. The minimum atomic E-state index is 0.211. The highest BCUT2D eigenvalue weighted by molar-refractivity contribution is 7.13. The summed E-state index contributed by atoms with van der Waals surface area (Å²) in [7, 11) is 0. The number of alkyl halides is 1. The molecule has 128 valence electrons. The summed E-state index contributed by atoms with van der Waals surface area (Å²) in [4.78, 5) is 23.1. The molecule has 3 heterocycles. The van der Waals surface area contributed by atoms with E-state index >= 15 is 0 Å².